The fraction of sp³-hybridized carbons (Fsp3) is 0.538. The summed E-state index contributed by atoms with van der Waals surface area (Å²) in [5.74, 6) is 2.62. The van der Waals surface area contributed by atoms with Gasteiger partial charge in [-0.15, -0.1) is 10.2 Å². The third kappa shape index (κ3) is 3.27. The summed E-state index contributed by atoms with van der Waals surface area (Å²) in [6, 6.07) is 0. The number of nitrogens with two attached hydrogens (primary N) is 1. The predicted octanol–water partition coefficient (Wildman–Crippen LogP) is 1.71. The molecule has 22 heavy (non-hydrogen) atoms. The molecule has 0 spiro atoms. The van der Waals surface area contributed by atoms with Gasteiger partial charge in [0, 0.05) is 25.9 Å². The molecule has 3 rings (SSSR count). The highest BCUT2D eigenvalue weighted by molar-refractivity contribution is 7.98. The molecule has 0 atom stereocenters. The highest BCUT2D eigenvalue weighted by Gasteiger charge is 2.30. The maximum atomic E-state index is 11.1. The Morgan fingerprint density at radius 1 is 1.50 bits per heavy atom. The highest BCUT2D eigenvalue weighted by Crippen LogP contribution is 2.40. The molecule has 0 unspecified atom stereocenters. The zero-order chi connectivity index (χ0) is 15.7. The van der Waals surface area contributed by atoms with Crippen molar-refractivity contribution in [2.75, 3.05) is 0 Å². The Hall–Kier alpha value is -1.54. The predicted molar refractivity (Wildman–Crippen MR) is 83.6 cm³/mol. The average Bonchev–Trinajstić information content (AvgIpc) is 3.18. The maximum Gasteiger partial charge on any atom is 0.219 e. The lowest BCUT2D eigenvalue weighted by Crippen LogP contribution is -2.15. The molecular weight excluding hydrogens is 324 g/mol. The highest BCUT2D eigenvalue weighted by atomic mass is 35.5. The number of hydrogen-bond acceptors (Lipinski definition) is 5. The van der Waals surface area contributed by atoms with Crippen LogP contribution in [0.5, 0.6) is 0 Å². The molecule has 1 saturated carbocycles. The van der Waals surface area contributed by atoms with Crippen LogP contribution in [0, 0.1) is 0 Å². The fourth-order valence-corrected chi connectivity index (χ4v) is 3.28. The molecule has 118 valence electrons. The molecule has 1 aliphatic carbocycles. The summed E-state index contributed by atoms with van der Waals surface area (Å²) in [5.41, 5.74) is 5.26. The molecule has 9 heteroatoms. The number of halogens is 1. The Labute approximate surface area is 137 Å². The van der Waals surface area contributed by atoms with Gasteiger partial charge < -0.3 is 14.9 Å². The van der Waals surface area contributed by atoms with Crippen molar-refractivity contribution in [1.82, 2.24) is 24.3 Å². The van der Waals surface area contributed by atoms with Gasteiger partial charge in [-0.05, 0) is 12.8 Å². The lowest BCUT2D eigenvalue weighted by atomic mass is 10.3. The van der Waals surface area contributed by atoms with Crippen molar-refractivity contribution in [3.63, 3.8) is 0 Å². The van der Waals surface area contributed by atoms with Crippen LogP contribution in [-0.2, 0) is 24.1 Å². The first kappa shape index (κ1) is 15.4. The molecule has 1 amide bonds. The van der Waals surface area contributed by atoms with E-state index in [4.69, 9.17) is 17.3 Å². The minimum Gasteiger partial charge on any atom is -0.370 e. The SMILES string of the molecule is Cn1c(Cl)cnc1CSc1nnc(C2CC2)n1CCC(N)=O. The first-order chi connectivity index (χ1) is 10.6. The van der Waals surface area contributed by atoms with Crippen molar-refractivity contribution in [2.45, 2.75) is 42.6 Å². The number of aromatic nitrogens is 5. The Bertz CT molecular complexity index is 693. The topological polar surface area (TPSA) is 91.6 Å². The van der Waals surface area contributed by atoms with Crippen LogP contribution < -0.4 is 5.73 Å². The third-order valence-electron chi connectivity index (χ3n) is 3.63. The third-order valence-corrected chi connectivity index (χ3v) is 4.94. The molecule has 0 saturated heterocycles. The molecule has 1 aliphatic rings. The minimum atomic E-state index is -0.317. The molecule has 7 nitrogen and oxygen atoms in total. The van der Waals surface area contributed by atoms with E-state index in [0.717, 1.165) is 29.6 Å². The van der Waals surface area contributed by atoms with Gasteiger partial charge in [0.25, 0.3) is 0 Å². The summed E-state index contributed by atoms with van der Waals surface area (Å²) < 4.78 is 3.85. The Morgan fingerprint density at radius 3 is 2.86 bits per heavy atom. The van der Waals surface area contributed by atoms with Gasteiger partial charge in [-0.2, -0.15) is 0 Å². The van der Waals surface area contributed by atoms with Gasteiger partial charge in [-0.1, -0.05) is 23.4 Å². The molecule has 2 N–H and O–H groups in total. The van der Waals surface area contributed by atoms with Gasteiger partial charge in [0.15, 0.2) is 5.16 Å². The van der Waals surface area contributed by atoms with E-state index in [9.17, 15) is 4.79 Å². The normalized spacial score (nSPS) is 14.5. The quantitative estimate of drug-likeness (QED) is 0.775. The first-order valence-electron chi connectivity index (χ1n) is 7.06. The van der Waals surface area contributed by atoms with Gasteiger partial charge in [0.2, 0.25) is 5.91 Å². The number of hydrogen-bond donors (Lipinski definition) is 1. The number of amides is 1. The zero-order valence-electron chi connectivity index (χ0n) is 12.2. The lowest BCUT2D eigenvalue weighted by Gasteiger charge is -2.08. The second-order valence-electron chi connectivity index (χ2n) is 5.33. The van der Waals surface area contributed by atoms with Crippen molar-refractivity contribution in [1.29, 1.82) is 0 Å². The zero-order valence-corrected chi connectivity index (χ0v) is 13.8. The van der Waals surface area contributed by atoms with Crippen LogP contribution in [0.3, 0.4) is 0 Å². The van der Waals surface area contributed by atoms with Crippen LogP contribution in [0.4, 0.5) is 0 Å². The number of rotatable bonds is 7. The number of thioether (sulfide) groups is 1. The Balaban J connectivity index is 1.74. The molecule has 0 radical (unpaired) electrons. The molecule has 1 fully saturated rings. The van der Waals surface area contributed by atoms with Gasteiger partial charge >= 0.3 is 0 Å². The summed E-state index contributed by atoms with van der Waals surface area (Å²) in [6.07, 6.45) is 4.19. The van der Waals surface area contributed by atoms with E-state index in [0.29, 0.717) is 29.8 Å². The van der Waals surface area contributed by atoms with Crippen molar-refractivity contribution in [3.05, 3.63) is 23.0 Å². The fourth-order valence-electron chi connectivity index (χ4n) is 2.17. The molecule has 2 aromatic heterocycles. The van der Waals surface area contributed by atoms with Crippen LogP contribution in [0.2, 0.25) is 5.15 Å². The number of carbonyl (C=O) groups excluding carboxylic acids is 1. The van der Waals surface area contributed by atoms with Crippen LogP contribution >= 0.6 is 23.4 Å². The van der Waals surface area contributed by atoms with Gasteiger partial charge in [-0.3, -0.25) is 4.79 Å². The van der Waals surface area contributed by atoms with E-state index < -0.39 is 0 Å². The van der Waals surface area contributed by atoms with Gasteiger partial charge in [0.05, 0.1) is 11.9 Å². The largest absolute Gasteiger partial charge is 0.370 e. The van der Waals surface area contributed by atoms with Crippen LogP contribution in [0.1, 0.15) is 36.8 Å². The summed E-state index contributed by atoms with van der Waals surface area (Å²) in [5, 5.41) is 9.94. The van der Waals surface area contributed by atoms with Gasteiger partial charge in [-0.25, -0.2) is 4.98 Å². The van der Waals surface area contributed by atoms with Crippen molar-refractivity contribution >= 4 is 29.3 Å². The molecule has 0 aromatic carbocycles. The lowest BCUT2D eigenvalue weighted by molar-refractivity contribution is -0.118. The van der Waals surface area contributed by atoms with Crippen molar-refractivity contribution in [2.24, 2.45) is 12.8 Å². The van der Waals surface area contributed by atoms with E-state index in [-0.39, 0.29) is 5.91 Å². The number of imidazole rings is 1. The van der Waals surface area contributed by atoms with E-state index in [1.54, 1.807) is 18.0 Å². The van der Waals surface area contributed by atoms with E-state index >= 15 is 0 Å². The van der Waals surface area contributed by atoms with E-state index in [1.165, 1.54) is 0 Å². The van der Waals surface area contributed by atoms with E-state index in [1.807, 2.05) is 16.2 Å². The van der Waals surface area contributed by atoms with Crippen LogP contribution in [0.15, 0.2) is 11.4 Å². The summed E-state index contributed by atoms with van der Waals surface area (Å²) in [7, 11) is 1.87. The molecule has 0 bridgehead atoms. The summed E-state index contributed by atoms with van der Waals surface area (Å²) >= 11 is 7.53. The Kier molecular flexibility index (Phi) is 4.39. The van der Waals surface area contributed by atoms with Gasteiger partial charge in [0.1, 0.15) is 16.8 Å². The monoisotopic (exact) mass is 340 g/mol. The number of nitrogens with zero attached hydrogens (tertiary/aromatic N) is 5. The molecule has 0 aliphatic heterocycles. The van der Waals surface area contributed by atoms with Crippen LogP contribution in [-0.4, -0.2) is 30.2 Å². The average molecular weight is 341 g/mol. The summed E-state index contributed by atoms with van der Waals surface area (Å²) in [6.45, 7) is 0.526. The minimum absolute atomic E-state index is 0.291. The molecule has 2 heterocycles. The number of primary amides is 1. The standard InChI is InChI=1S/C13H17ClN6OS/c1-19-9(14)6-16-11(19)7-22-13-18-17-12(8-2-3-8)20(13)5-4-10(15)21/h6,8H,2-5,7H2,1H3,(H2,15,21). The maximum absolute atomic E-state index is 11.1. The van der Waals surface area contributed by atoms with E-state index in [2.05, 4.69) is 15.2 Å². The van der Waals surface area contributed by atoms with Crippen LogP contribution in [0.25, 0.3) is 0 Å². The summed E-state index contributed by atoms with van der Waals surface area (Å²) in [4.78, 5) is 15.3. The molecular formula is C13H17ClN6OS. The molecule has 2 aromatic rings. The smallest absolute Gasteiger partial charge is 0.219 e. The first-order valence-corrected chi connectivity index (χ1v) is 8.43. The number of carbonyl (C=O) groups is 1. The van der Waals surface area contributed by atoms with Crippen molar-refractivity contribution < 1.29 is 4.79 Å². The second-order valence-corrected chi connectivity index (χ2v) is 6.66. The van der Waals surface area contributed by atoms with Crippen molar-refractivity contribution in [3.8, 4) is 0 Å². The second kappa shape index (κ2) is 6.29. The Morgan fingerprint density at radius 2 is 2.27 bits per heavy atom.